The monoisotopic (exact) mass is 265 g/mol. The van der Waals surface area contributed by atoms with Crippen molar-refractivity contribution in [1.29, 1.82) is 0 Å². The minimum Gasteiger partial charge on any atom is -0.405 e. The molecule has 3 heteroatoms. The van der Waals surface area contributed by atoms with Gasteiger partial charge in [-0.05, 0) is 35.7 Å². The lowest BCUT2D eigenvalue weighted by molar-refractivity contribution is -0.138. The van der Waals surface area contributed by atoms with E-state index in [2.05, 4.69) is 17.1 Å². The second-order valence-electron chi connectivity index (χ2n) is 5.61. The maximum Gasteiger partial charge on any atom is 0.340 e. The van der Waals surface area contributed by atoms with E-state index in [1.165, 1.54) is 5.39 Å². The van der Waals surface area contributed by atoms with Crippen LogP contribution in [0.5, 0.6) is 0 Å². The lowest BCUT2D eigenvalue weighted by atomic mass is 10.00. The molecule has 4 rings (SSSR count). The highest BCUT2D eigenvalue weighted by Crippen LogP contribution is 2.38. The number of hydrogen-bond donors (Lipinski definition) is 0. The normalized spacial score (nSPS) is 20.4. The summed E-state index contributed by atoms with van der Waals surface area (Å²) in [6.45, 7) is 0. The van der Waals surface area contributed by atoms with Crippen LogP contribution in [0, 0.1) is 0 Å². The van der Waals surface area contributed by atoms with Crippen LogP contribution in [0.3, 0.4) is 0 Å². The zero-order valence-electron chi connectivity index (χ0n) is 11.1. The van der Waals surface area contributed by atoms with Gasteiger partial charge < -0.3 is 4.74 Å². The van der Waals surface area contributed by atoms with Crippen LogP contribution < -0.4 is 0 Å². The van der Waals surface area contributed by atoms with E-state index in [1.54, 1.807) is 0 Å². The van der Waals surface area contributed by atoms with E-state index in [0.29, 0.717) is 5.90 Å². The smallest absolute Gasteiger partial charge is 0.340 e. The van der Waals surface area contributed by atoms with Gasteiger partial charge >= 0.3 is 5.97 Å². The van der Waals surface area contributed by atoms with Gasteiger partial charge in [-0.3, -0.25) is 0 Å². The number of aliphatic imine (C=N–C) groups is 1. The van der Waals surface area contributed by atoms with E-state index < -0.39 is 5.54 Å². The molecule has 0 bridgehead atoms. The summed E-state index contributed by atoms with van der Waals surface area (Å²) in [5.74, 6) is 0.320. The number of nitrogens with zero attached hydrogens (tertiary/aromatic N) is 1. The van der Waals surface area contributed by atoms with Crippen molar-refractivity contribution >= 4 is 22.6 Å². The zero-order chi connectivity index (χ0) is 13.6. The first-order chi connectivity index (χ1) is 9.77. The second kappa shape index (κ2) is 4.17. The third kappa shape index (κ3) is 1.66. The lowest BCUT2D eigenvalue weighted by Crippen LogP contribution is -2.29. The Kier molecular flexibility index (Phi) is 2.43. The molecule has 0 N–H and O–H groups in total. The van der Waals surface area contributed by atoms with Crippen LogP contribution in [-0.2, 0) is 9.53 Å². The molecule has 0 aromatic heterocycles. The first-order valence-corrected chi connectivity index (χ1v) is 7.08. The summed E-state index contributed by atoms with van der Waals surface area (Å²) < 4.78 is 5.45. The second-order valence-corrected chi connectivity index (χ2v) is 5.61. The van der Waals surface area contributed by atoms with Crippen LogP contribution in [0.15, 0.2) is 47.5 Å². The number of hydrogen-bond acceptors (Lipinski definition) is 3. The number of rotatable bonds is 1. The van der Waals surface area contributed by atoms with Crippen molar-refractivity contribution in [3.8, 4) is 0 Å². The Morgan fingerprint density at radius 1 is 1.00 bits per heavy atom. The van der Waals surface area contributed by atoms with Crippen LogP contribution in [0.2, 0.25) is 0 Å². The summed E-state index contributed by atoms with van der Waals surface area (Å²) in [4.78, 5) is 16.7. The molecule has 3 nitrogen and oxygen atoms in total. The van der Waals surface area contributed by atoms with Gasteiger partial charge in [0, 0.05) is 5.56 Å². The highest BCUT2D eigenvalue weighted by Gasteiger charge is 2.48. The van der Waals surface area contributed by atoms with Gasteiger partial charge in [-0.2, -0.15) is 0 Å². The minimum absolute atomic E-state index is 0.168. The van der Waals surface area contributed by atoms with Gasteiger partial charge in [0.2, 0.25) is 5.90 Å². The lowest BCUT2D eigenvalue weighted by Gasteiger charge is -2.12. The fourth-order valence-corrected chi connectivity index (χ4v) is 3.17. The van der Waals surface area contributed by atoms with Crippen molar-refractivity contribution in [2.24, 2.45) is 4.99 Å². The third-order valence-electron chi connectivity index (χ3n) is 4.31. The highest BCUT2D eigenvalue weighted by atomic mass is 16.6. The number of cyclic esters (lactones) is 1. The van der Waals surface area contributed by atoms with Crippen LogP contribution in [-0.4, -0.2) is 17.4 Å². The quantitative estimate of drug-likeness (QED) is 0.741. The van der Waals surface area contributed by atoms with E-state index in [4.69, 9.17) is 4.74 Å². The highest BCUT2D eigenvalue weighted by molar-refractivity contribution is 6.09. The SMILES string of the molecule is O=C1OC(c2ccc3ccccc3c2)=NC12CCCC2. The van der Waals surface area contributed by atoms with Crippen LogP contribution in [0.4, 0.5) is 0 Å². The number of carbonyl (C=O) groups excluding carboxylic acids is 1. The predicted octanol–water partition coefficient (Wildman–Crippen LogP) is 3.46. The molecule has 0 saturated heterocycles. The van der Waals surface area contributed by atoms with Gasteiger partial charge in [-0.1, -0.05) is 43.2 Å². The number of benzene rings is 2. The van der Waals surface area contributed by atoms with Gasteiger partial charge in [0.05, 0.1) is 0 Å². The molecule has 1 spiro atoms. The molecule has 2 aromatic rings. The molecule has 0 unspecified atom stereocenters. The van der Waals surface area contributed by atoms with Crippen LogP contribution >= 0.6 is 0 Å². The summed E-state index contributed by atoms with van der Waals surface area (Å²) in [5.41, 5.74) is 0.307. The van der Waals surface area contributed by atoms with Crippen molar-refractivity contribution in [1.82, 2.24) is 0 Å². The molecule has 1 heterocycles. The maximum absolute atomic E-state index is 12.1. The number of ether oxygens (including phenoxy) is 1. The molecule has 1 saturated carbocycles. The average Bonchev–Trinajstić information content (AvgIpc) is 3.08. The van der Waals surface area contributed by atoms with Crippen molar-refractivity contribution < 1.29 is 9.53 Å². The summed E-state index contributed by atoms with van der Waals surface area (Å²) in [6, 6.07) is 14.2. The molecule has 0 atom stereocenters. The predicted molar refractivity (Wildman–Crippen MR) is 77.8 cm³/mol. The molecule has 2 aliphatic rings. The van der Waals surface area contributed by atoms with E-state index in [1.807, 2.05) is 30.3 Å². The maximum atomic E-state index is 12.1. The van der Waals surface area contributed by atoms with Crippen LogP contribution in [0.25, 0.3) is 10.8 Å². The number of carbonyl (C=O) groups is 1. The van der Waals surface area contributed by atoms with E-state index in [-0.39, 0.29) is 5.97 Å². The molecule has 0 amide bonds. The Morgan fingerprint density at radius 3 is 2.55 bits per heavy atom. The molecule has 1 aliphatic carbocycles. The fraction of sp³-hybridized carbons (Fsp3) is 0.294. The summed E-state index contributed by atoms with van der Waals surface area (Å²) in [6.07, 6.45) is 3.76. The van der Waals surface area contributed by atoms with Gasteiger partial charge in [0.25, 0.3) is 0 Å². The topological polar surface area (TPSA) is 38.7 Å². The van der Waals surface area contributed by atoms with E-state index in [0.717, 1.165) is 36.6 Å². The molecular weight excluding hydrogens is 250 g/mol. The van der Waals surface area contributed by atoms with Crippen molar-refractivity contribution in [2.45, 2.75) is 31.2 Å². The first kappa shape index (κ1) is 11.6. The molecule has 2 aromatic carbocycles. The number of fused-ring (bicyclic) bond motifs is 1. The molecule has 0 radical (unpaired) electrons. The van der Waals surface area contributed by atoms with Gasteiger partial charge in [-0.25, -0.2) is 9.79 Å². The van der Waals surface area contributed by atoms with Gasteiger partial charge in [-0.15, -0.1) is 0 Å². The van der Waals surface area contributed by atoms with Crippen molar-refractivity contribution in [3.63, 3.8) is 0 Å². The fourth-order valence-electron chi connectivity index (χ4n) is 3.17. The van der Waals surface area contributed by atoms with E-state index in [9.17, 15) is 4.79 Å². The van der Waals surface area contributed by atoms with Crippen molar-refractivity contribution in [3.05, 3.63) is 48.0 Å². The zero-order valence-corrected chi connectivity index (χ0v) is 11.1. The van der Waals surface area contributed by atoms with E-state index >= 15 is 0 Å². The Balaban J connectivity index is 1.78. The third-order valence-corrected chi connectivity index (χ3v) is 4.31. The summed E-state index contributed by atoms with van der Waals surface area (Å²) >= 11 is 0. The standard InChI is InChI=1S/C17H15NO2/c19-16-17(9-3-4-10-17)18-15(20-16)14-8-7-12-5-1-2-6-13(12)11-14/h1-2,5-8,11H,3-4,9-10H2. The minimum atomic E-state index is -0.582. The summed E-state index contributed by atoms with van der Waals surface area (Å²) in [7, 11) is 0. The Labute approximate surface area is 117 Å². The average molecular weight is 265 g/mol. The Bertz CT molecular complexity index is 727. The summed E-state index contributed by atoms with van der Waals surface area (Å²) in [5, 5.41) is 2.31. The molecule has 100 valence electrons. The molecule has 1 aliphatic heterocycles. The molecule has 20 heavy (non-hydrogen) atoms. The van der Waals surface area contributed by atoms with Crippen LogP contribution in [0.1, 0.15) is 31.2 Å². The largest absolute Gasteiger partial charge is 0.405 e. The van der Waals surface area contributed by atoms with Gasteiger partial charge in [0.1, 0.15) is 0 Å². The Hall–Kier alpha value is -2.16. The number of esters is 1. The van der Waals surface area contributed by atoms with Gasteiger partial charge in [0.15, 0.2) is 5.54 Å². The Morgan fingerprint density at radius 2 is 1.75 bits per heavy atom. The van der Waals surface area contributed by atoms with Crippen molar-refractivity contribution in [2.75, 3.05) is 0 Å². The molecule has 1 fully saturated rings. The molecular formula is C17H15NO2. The first-order valence-electron chi connectivity index (χ1n) is 7.08.